The molecule has 258 valence electrons. The predicted octanol–water partition coefficient (Wildman–Crippen LogP) is 8.41. The first-order chi connectivity index (χ1) is 21.1. The highest BCUT2D eigenvalue weighted by molar-refractivity contribution is 5.72. The van der Waals surface area contributed by atoms with Crippen LogP contribution in [0.5, 0.6) is 0 Å². The van der Waals surface area contributed by atoms with E-state index in [1.807, 2.05) is 21.1 Å². The van der Waals surface area contributed by atoms with Crippen molar-refractivity contribution in [2.45, 2.75) is 161 Å². The Kier molecular flexibility index (Phi) is 27.3. The number of carbonyl (C=O) groups excluding carboxylic acids is 2. The van der Waals surface area contributed by atoms with E-state index in [9.17, 15) is 19.5 Å². The average Bonchev–Trinajstić information content (AvgIpc) is 2.96. The Morgan fingerprint density at radius 3 is 1.68 bits per heavy atom. The number of carboxylic acids is 1. The van der Waals surface area contributed by atoms with Gasteiger partial charge >= 0.3 is 17.9 Å². The number of rotatable bonds is 31. The fourth-order valence-electron chi connectivity index (χ4n) is 5.08. The van der Waals surface area contributed by atoms with Crippen LogP contribution in [0, 0.1) is 0 Å². The lowest BCUT2D eigenvalue weighted by Crippen LogP contribution is -2.50. The van der Waals surface area contributed by atoms with Crippen LogP contribution in [0.15, 0.2) is 12.2 Å². The summed E-state index contributed by atoms with van der Waals surface area (Å²) in [7, 11) is 5.51. The van der Waals surface area contributed by atoms with E-state index in [-0.39, 0.29) is 36.2 Å². The molecule has 0 rings (SSSR count). The number of unbranched alkanes of at least 4 members (excludes halogenated alkanes) is 15. The number of esters is 2. The Balaban J connectivity index is 4.44. The average molecular weight is 627 g/mol. The number of allylic oxidation sites excluding steroid dienone is 2. The standard InChI is InChI=1S/C36H67NO7/c1-6-8-10-12-14-16-17-18-19-21-22-24-26-34(38)43-31-32(30-42-29-28-33(36(40)41)37(3,4)5)44-35(39)27-25-23-20-15-13-11-9-7-2/h14,16,32-33H,6-13,15,17-31H2,1-5H3/p+1/b16-14+. The molecular formula is C36H68NO7+. The second-order valence-corrected chi connectivity index (χ2v) is 13.1. The summed E-state index contributed by atoms with van der Waals surface area (Å²) in [6.45, 7) is 4.65. The number of hydrogen-bond acceptors (Lipinski definition) is 6. The number of carboxylic acid groups (broad SMARTS) is 1. The van der Waals surface area contributed by atoms with Crippen LogP contribution in [0.1, 0.15) is 149 Å². The van der Waals surface area contributed by atoms with Crippen molar-refractivity contribution in [3.63, 3.8) is 0 Å². The first-order valence-electron chi connectivity index (χ1n) is 17.7. The van der Waals surface area contributed by atoms with Crippen LogP contribution in [0.25, 0.3) is 0 Å². The van der Waals surface area contributed by atoms with E-state index in [4.69, 9.17) is 14.2 Å². The van der Waals surface area contributed by atoms with Crippen LogP contribution >= 0.6 is 0 Å². The van der Waals surface area contributed by atoms with E-state index in [2.05, 4.69) is 26.0 Å². The maximum atomic E-state index is 12.5. The second kappa shape index (κ2) is 28.5. The molecule has 0 aromatic heterocycles. The Morgan fingerprint density at radius 2 is 1.14 bits per heavy atom. The third kappa shape index (κ3) is 26.5. The van der Waals surface area contributed by atoms with Gasteiger partial charge < -0.3 is 23.8 Å². The lowest BCUT2D eigenvalue weighted by atomic mass is 10.1. The van der Waals surface area contributed by atoms with Gasteiger partial charge in [0.15, 0.2) is 12.1 Å². The maximum absolute atomic E-state index is 12.5. The Morgan fingerprint density at radius 1 is 0.659 bits per heavy atom. The van der Waals surface area contributed by atoms with E-state index in [1.54, 1.807) is 0 Å². The first-order valence-corrected chi connectivity index (χ1v) is 17.7. The largest absolute Gasteiger partial charge is 0.477 e. The van der Waals surface area contributed by atoms with Crippen molar-refractivity contribution >= 4 is 17.9 Å². The molecule has 2 unspecified atom stereocenters. The van der Waals surface area contributed by atoms with Gasteiger partial charge in [-0.25, -0.2) is 4.79 Å². The van der Waals surface area contributed by atoms with Crippen molar-refractivity contribution in [2.24, 2.45) is 0 Å². The number of quaternary nitrogens is 1. The summed E-state index contributed by atoms with van der Waals surface area (Å²) >= 11 is 0. The summed E-state index contributed by atoms with van der Waals surface area (Å²) in [4.78, 5) is 36.5. The minimum atomic E-state index is -0.877. The zero-order valence-electron chi connectivity index (χ0n) is 29.1. The molecule has 0 saturated heterocycles. The quantitative estimate of drug-likeness (QED) is 0.0357. The van der Waals surface area contributed by atoms with Crippen LogP contribution in [-0.2, 0) is 28.6 Å². The van der Waals surface area contributed by atoms with Crippen LogP contribution in [0.4, 0.5) is 0 Å². The third-order valence-electron chi connectivity index (χ3n) is 7.91. The number of aliphatic carboxylic acids is 1. The van der Waals surface area contributed by atoms with E-state index in [0.29, 0.717) is 19.3 Å². The molecule has 0 saturated carbocycles. The summed E-state index contributed by atoms with van der Waals surface area (Å²) in [5, 5.41) is 9.54. The maximum Gasteiger partial charge on any atom is 0.362 e. The Labute approximate surface area is 269 Å². The number of carbonyl (C=O) groups is 3. The third-order valence-corrected chi connectivity index (χ3v) is 7.91. The lowest BCUT2D eigenvalue weighted by Gasteiger charge is -2.31. The van der Waals surface area contributed by atoms with Crippen molar-refractivity contribution < 1.29 is 38.2 Å². The topological polar surface area (TPSA) is 99.1 Å². The molecular weight excluding hydrogens is 558 g/mol. The van der Waals surface area contributed by atoms with Crippen molar-refractivity contribution in [1.29, 1.82) is 0 Å². The molecule has 1 N–H and O–H groups in total. The second-order valence-electron chi connectivity index (χ2n) is 13.1. The summed E-state index contributed by atoms with van der Waals surface area (Å²) in [5.41, 5.74) is 0. The molecule has 2 atom stereocenters. The fraction of sp³-hybridized carbons (Fsp3) is 0.861. The van der Waals surface area contributed by atoms with Crippen LogP contribution in [0.3, 0.4) is 0 Å². The molecule has 8 nitrogen and oxygen atoms in total. The monoisotopic (exact) mass is 626 g/mol. The fourth-order valence-corrected chi connectivity index (χ4v) is 5.08. The van der Waals surface area contributed by atoms with Gasteiger partial charge in [-0.3, -0.25) is 9.59 Å². The highest BCUT2D eigenvalue weighted by Crippen LogP contribution is 2.13. The number of ether oxygens (including phenoxy) is 3. The van der Waals surface area contributed by atoms with Gasteiger partial charge in [0.05, 0.1) is 34.4 Å². The SMILES string of the molecule is CCCCC/C=C/CCCCCCCC(=O)OCC(COCCC(C(=O)O)[N+](C)(C)C)OC(=O)CCCCCCCCCC. The molecule has 44 heavy (non-hydrogen) atoms. The molecule has 0 aliphatic rings. The highest BCUT2D eigenvalue weighted by atomic mass is 16.6. The minimum Gasteiger partial charge on any atom is -0.477 e. The molecule has 0 spiro atoms. The Hall–Kier alpha value is -1.93. The normalized spacial score (nSPS) is 13.2. The first kappa shape index (κ1) is 42.1. The smallest absolute Gasteiger partial charge is 0.362 e. The van der Waals surface area contributed by atoms with Gasteiger partial charge in [-0.15, -0.1) is 0 Å². The van der Waals surface area contributed by atoms with Gasteiger partial charge in [0, 0.05) is 19.3 Å². The predicted molar refractivity (Wildman–Crippen MR) is 179 cm³/mol. The molecule has 0 amide bonds. The van der Waals surface area contributed by atoms with Gasteiger partial charge in [-0.05, 0) is 38.5 Å². The summed E-state index contributed by atoms with van der Waals surface area (Å²) in [6, 6.07) is -0.609. The van der Waals surface area contributed by atoms with Gasteiger partial charge in [0.1, 0.15) is 6.61 Å². The molecule has 0 aromatic carbocycles. The van der Waals surface area contributed by atoms with Crippen LogP contribution < -0.4 is 0 Å². The van der Waals surface area contributed by atoms with Crippen molar-refractivity contribution in [1.82, 2.24) is 0 Å². The molecule has 8 heteroatoms. The van der Waals surface area contributed by atoms with E-state index < -0.39 is 18.1 Å². The van der Waals surface area contributed by atoms with Crippen molar-refractivity contribution in [2.75, 3.05) is 41.0 Å². The Bertz CT molecular complexity index is 747. The minimum absolute atomic E-state index is 0.0513. The molecule has 0 radical (unpaired) electrons. The number of hydrogen-bond donors (Lipinski definition) is 1. The highest BCUT2D eigenvalue weighted by Gasteiger charge is 2.31. The van der Waals surface area contributed by atoms with E-state index in [0.717, 1.165) is 44.9 Å². The molecule has 0 aliphatic carbocycles. The molecule has 0 aromatic rings. The summed E-state index contributed by atoms with van der Waals surface area (Å²) < 4.78 is 17.1. The van der Waals surface area contributed by atoms with Gasteiger partial charge in [-0.1, -0.05) is 103 Å². The summed E-state index contributed by atoms with van der Waals surface area (Å²) in [6.07, 6.45) is 25.4. The lowest BCUT2D eigenvalue weighted by molar-refractivity contribution is -0.887. The van der Waals surface area contributed by atoms with E-state index >= 15 is 0 Å². The molecule has 0 aliphatic heterocycles. The summed E-state index contributed by atoms with van der Waals surface area (Å²) in [5.74, 6) is -1.48. The molecule has 0 fully saturated rings. The zero-order chi connectivity index (χ0) is 32.9. The zero-order valence-corrected chi connectivity index (χ0v) is 29.1. The van der Waals surface area contributed by atoms with Crippen molar-refractivity contribution in [3.05, 3.63) is 12.2 Å². The number of nitrogens with zero attached hydrogens (tertiary/aromatic N) is 1. The molecule has 0 bridgehead atoms. The van der Waals surface area contributed by atoms with Gasteiger partial charge in [-0.2, -0.15) is 0 Å². The number of likely N-dealkylation sites (N-methyl/N-ethyl adjacent to an activating group) is 1. The van der Waals surface area contributed by atoms with Gasteiger partial charge in [0.2, 0.25) is 0 Å². The van der Waals surface area contributed by atoms with Crippen molar-refractivity contribution in [3.8, 4) is 0 Å². The molecule has 0 heterocycles. The van der Waals surface area contributed by atoms with Crippen LogP contribution in [-0.4, -0.2) is 80.6 Å². The van der Waals surface area contributed by atoms with Crippen LogP contribution in [0.2, 0.25) is 0 Å². The van der Waals surface area contributed by atoms with E-state index in [1.165, 1.54) is 70.6 Å². The van der Waals surface area contributed by atoms with Gasteiger partial charge in [0.25, 0.3) is 0 Å².